The van der Waals surface area contributed by atoms with Crippen LogP contribution in [0.25, 0.3) is 0 Å². The van der Waals surface area contributed by atoms with Crippen LogP contribution in [0.2, 0.25) is 0 Å². The van der Waals surface area contributed by atoms with Crippen LogP contribution in [-0.2, 0) is 10.9 Å². The first-order valence-electron chi connectivity index (χ1n) is 10.1. The SMILES string of the molecule is Cc1nn(C2CCC2)c(Nc2ncc(C(F)(F)F)c(N)n2)c1OC[C@H]1CCCOC1. The van der Waals surface area contributed by atoms with Gasteiger partial charge in [0.1, 0.15) is 17.1 Å². The first-order chi connectivity index (χ1) is 14.3. The van der Waals surface area contributed by atoms with Gasteiger partial charge in [-0.05, 0) is 39.0 Å². The zero-order chi connectivity index (χ0) is 21.3. The molecule has 2 aliphatic rings. The topological polar surface area (TPSA) is 100 Å². The molecule has 1 atom stereocenters. The molecule has 4 rings (SSSR count). The minimum absolute atomic E-state index is 0.0353. The van der Waals surface area contributed by atoms with E-state index >= 15 is 0 Å². The number of alkyl halides is 3. The van der Waals surface area contributed by atoms with Crippen LogP contribution in [0, 0.1) is 12.8 Å². The Labute approximate surface area is 172 Å². The number of hydrogen-bond donors (Lipinski definition) is 2. The number of anilines is 3. The molecule has 0 radical (unpaired) electrons. The predicted octanol–water partition coefficient (Wildman–Crippen LogP) is 3.86. The predicted molar refractivity (Wildman–Crippen MR) is 104 cm³/mol. The fourth-order valence-corrected chi connectivity index (χ4v) is 3.63. The summed E-state index contributed by atoms with van der Waals surface area (Å²) in [5.41, 5.74) is 5.15. The molecular weight excluding hydrogens is 401 g/mol. The summed E-state index contributed by atoms with van der Waals surface area (Å²) in [4.78, 5) is 7.61. The van der Waals surface area contributed by atoms with Crippen molar-refractivity contribution in [2.45, 2.75) is 51.2 Å². The van der Waals surface area contributed by atoms with Crippen LogP contribution in [0.4, 0.5) is 30.8 Å². The minimum Gasteiger partial charge on any atom is -0.487 e. The Bertz CT molecular complexity index is 891. The van der Waals surface area contributed by atoms with Gasteiger partial charge in [-0.3, -0.25) is 0 Å². The molecule has 1 aliphatic heterocycles. The third-order valence-corrected chi connectivity index (χ3v) is 5.52. The van der Waals surface area contributed by atoms with Gasteiger partial charge in [-0.2, -0.15) is 23.3 Å². The molecule has 2 aromatic heterocycles. The molecule has 1 saturated carbocycles. The van der Waals surface area contributed by atoms with E-state index in [1.54, 1.807) is 0 Å². The van der Waals surface area contributed by atoms with E-state index in [-0.39, 0.29) is 17.9 Å². The normalized spacial score (nSPS) is 20.1. The van der Waals surface area contributed by atoms with Gasteiger partial charge < -0.3 is 20.5 Å². The largest absolute Gasteiger partial charge is 0.487 e. The molecule has 0 bridgehead atoms. The Morgan fingerprint density at radius 3 is 2.70 bits per heavy atom. The maximum absolute atomic E-state index is 13.0. The van der Waals surface area contributed by atoms with Gasteiger partial charge >= 0.3 is 6.18 Å². The Balaban J connectivity index is 1.59. The lowest BCUT2D eigenvalue weighted by atomic mass is 9.93. The van der Waals surface area contributed by atoms with E-state index < -0.39 is 17.6 Å². The van der Waals surface area contributed by atoms with E-state index in [0.29, 0.717) is 36.7 Å². The molecule has 0 aromatic carbocycles. The number of nitrogen functional groups attached to an aromatic ring is 1. The quantitative estimate of drug-likeness (QED) is 0.724. The molecule has 2 aromatic rings. The van der Waals surface area contributed by atoms with Crippen molar-refractivity contribution < 1.29 is 22.6 Å². The van der Waals surface area contributed by atoms with Crippen molar-refractivity contribution in [2.75, 3.05) is 30.9 Å². The molecule has 0 unspecified atom stereocenters. The summed E-state index contributed by atoms with van der Waals surface area (Å²) in [5, 5.41) is 7.60. The second-order valence-electron chi connectivity index (χ2n) is 7.80. The number of hydrogen-bond acceptors (Lipinski definition) is 7. The zero-order valence-electron chi connectivity index (χ0n) is 16.7. The highest BCUT2D eigenvalue weighted by Gasteiger charge is 2.35. The monoisotopic (exact) mass is 426 g/mol. The van der Waals surface area contributed by atoms with Crippen molar-refractivity contribution in [3.8, 4) is 5.75 Å². The van der Waals surface area contributed by atoms with Gasteiger partial charge in [-0.25, -0.2) is 9.67 Å². The summed E-state index contributed by atoms with van der Waals surface area (Å²) < 4.78 is 52.3. The molecule has 1 aliphatic carbocycles. The van der Waals surface area contributed by atoms with Crippen molar-refractivity contribution >= 4 is 17.6 Å². The van der Waals surface area contributed by atoms with Gasteiger partial charge in [-0.15, -0.1) is 0 Å². The highest BCUT2D eigenvalue weighted by Crippen LogP contribution is 2.40. The molecule has 8 nitrogen and oxygen atoms in total. The maximum Gasteiger partial charge on any atom is 0.421 e. The lowest BCUT2D eigenvalue weighted by Gasteiger charge is -2.27. The van der Waals surface area contributed by atoms with Crippen molar-refractivity contribution in [2.24, 2.45) is 5.92 Å². The Morgan fingerprint density at radius 2 is 2.10 bits per heavy atom. The fourth-order valence-electron chi connectivity index (χ4n) is 3.63. The Kier molecular flexibility index (Phi) is 5.72. The average molecular weight is 426 g/mol. The second-order valence-corrected chi connectivity index (χ2v) is 7.80. The second kappa shape index (κ2) is 8.29. The molecule has 164 valence electrons. The molecule has 3 heterocycles. The Morgan fingerprint density at radius 1 is 1.30 bits per heavy atom. The van der Waals surface area contributed by atoms with Crippen LogP contribution in [0.1, 0.15) is 49.4 Å². The van der Waals surface area contributed by atoms with Gasteiger partial charge in [0.2, 0.25) is 5.95 Å². The standard InChI is InChI=1S/C19H25F3N6O2/c1-11-15(30-10-12-4-3-7-29-9-12)17(28(27-11)13-5-2-6-13)26-18-24-8-14(16(23)25-18)19(20,21)22/h8,12-13H,2-7,9-10H2,1H3,(H3,23,24,25,26)/t12-/m0/s1. The van der Waals surface area contributed by atoms with E-state index in [9.17, 15) is 13.2 Å². The van der Waals surface area contributed by atoms with Crippen molar-refractivity contribution in [1.82, 2.24) is 19.7 Å². The maximum atomic E-state index is 13.0. The van der Waals surface area contributed by atoms with Crippen LogP contribution in [0.3, 0.4) is 0 Å². The first kappa shape index (κ1) is 20.7. The summed E-state index contributed by atoms with van der Waals surface area (Å²) in [6, 6.07) is 0.202. The summed E-state index contributed by atoms with van der Waals surface area (Å²) >= 11 is 0. The number of nitrogens with zero attached hydrogens (tertiary/aromatic N) is 4. The molecule has 30 heavy (non-hydrogen) atoms. The third kappa shape index (κ3) is 4.30. The fraction of sp³-hybridized carbons (Fsp3) is 0.632. The van der Waals surface area contributed by atoms with E-state index in [1.165, 1.54) is 0 Å². The van der Waals surface area contributed by atoms with E-state index in [1.807, 2.05) is 11.6 Å². The molecule has 1 saturated heterocycles. The highest BCUT2D eigenvalue weighted by molar-refractivity contribution is 5.61. The number of aromatic nitrogens is 4. The summed E-state index contributed by atoms with van der Waals surface area (Å²) in [7, 11) is 0. The molecule has 3 N–H and O–H groups in total. The number of nitrogens with one attached hydrogen (secondary N) is 1. The van der Waals surface area contributed by atoms with Crippen LogP contribution in [0.5, 0.6) is 5.75 Å². The lowest BCUT2D eigenvalue weighted by Crippen LogP contribution is -2.23. The first-order valence-corrected chi connectivity index (χ1v) is 10.1. The van der Waals surface area contributed by atoms with E-state index in [0.717, 1.165) is 38.7 Å². The molecule has 0 amide bonds. The highest BCUT2D eigenvalue weighted by atomic mass is 19.4. The van der Waals surface area contributed by atoms with Crippen LogP contribution in [-0.4, -0.2) is 39.6 Å². The smallest absolute Gasteiger partial charge is 0.421 e. The summed E-state index contributed by atoms with van der Waals surface area (Å²) in [6.45, 7) is 3.74. The lowest BCUT2D eigenvalue weighted by molar-refractivity contribution is -0.137. The minimum atomic E-state index is -4.61. The molecule has 2 fully saturated rings. The third-order valence-electron chi connectivity index (χ3n) is 5.52. The summed E-state index contributed by atoms with van der Waals surface area (Å²) in [5.74, 6) is 0.707. The van der Waals surface area contributed by atoms with Gasteiger partial charge in [0.25, 0.3) is 0 Å². The number of ether oxygens (including phenoxy) is 2. The van der Waals surface area contributed by atoms with Crippen LogP contribution in [0.15, 0.2) is 6.20 Å². The Hall–Kier alpha value is -2.56. The zero-order valence-corrected chi connectivity index (χ0v) is 16.7. The number of aryl methyl sites for hydroxylation is 1. The molecule has 11 heteroatoms. The average Bonchev–Trinajstić information content (AvgIpc) is 2.93. The molecular formula is C19H25F3N6O2. The molecule has 0 spiro atoms. The van der Waals surface area contributed by atoms with E-state index in [4.69, 9.17) is 15.2 Å². The van der Waals surface area contributed by atoms with Crippen molar-refractivity contribution in [3.63, 3.8) is 0 Å². The van der Waals surface area contributed by atoms with Crippen molar-refractivity contribution in [3.05, 3.63) is 17.5 Å². The van der Waals surface area contributed by atoms with Gasteiger partial charge in [0.15, 0.2) is 11.6 Å². The number of halogens is 3. The van der Waals surface area contributed by atoms with Crippen molar-refractivity contribution in [1.29, 1.82) is 0 Å². The van der Waals surface area contributed by atoms with Gasteiger partial charge in [0.05, 0.1) is 19.3 Å². The number of nitrogens with two attached hydrogens (primary N) is 1. The van der Waals surface area contributed by atoms with Crippen LogP contribution >= 0.6 is 0 Å². The van der Waals surface area contributed by atoms with E-state index in [2.05, 4.69) is 20.4 Å². The van der Waals surface area contributed by atoms with Crippen LogP contribution < -0.4 is 15.8 Å². The summed E-state index contributed by atoms with van der Waals surface area (Å²) in [6.07, 6.45) is 1.14. The number of rotatable bonds is 6. The van der Waals surface area contributed by atoms with Gasteiger partial charge in [-0.1, -0.05) is 0 Å². The van der Waals surface area contributed by atoms with Gasteiger partial charge in [0, 0.05) is 18.7 Å².